The summed E-state index contributed by atoms with van der Waals surface area (Å²) in [5, 5.41) is 12.9. The van der Waals surface area contributed by atoms with Crippen LogP contribution in [-0.4, -0.2) is 28.1 Å². The molecule has 0 radical (unpaired) electrons. The lowest BCUT2D eigenvalue weighted by molar-refractivity contribution is -0.00682. The molecule has 1 amide bonds. The van der Waals surface area contributed by atoms with Crippen LogP contribution in [0.25, 0.3) is 10.1 Å². The Morgan fingerprint density at radius 2 is 2.19 bits per heavy atom. The second kappa shape index (κ2) is 7.77. The third kappa shape index (κ3) is 3.98. The quantitative estimate of drug-likeness (QED) is 0.574. The van der Waals surface area contributed by atoms with Crippen molar-refractivity contribution in [3.05, 3.63) is 53.5 Å². The van der Waals surface area contributed by atoms with Gasteiger partial charge in [-0.05, 0) is 55.2 Å². The maximum Gasteiger partial charge on any atom is 0.276 e. The number of hydroxylamine groups is 1. The summed E-state index contributed by atoms with van der Waals surface area (Å²) in [7, 11) is 0. The number of aryl methyl sites for hydroxylation is 1. The normalized spacial score (nSPS) is 12.2. The molecule has 1 unspecified atom stereocenters. The minimum Gasteiger partial charge on any atom is -0.391 e. The van der Waals surface area contributed by atoms with Gasteiger partial charge in [0, 0.05) is 5.39 Å². The summed E-state index contributed by atoms with van der Waals surface area (Å²) in [5.41, 5.74) is 4.07. The number of aliphatic hydroxyl groups excluding tert-OH is 1. The van der Waals surface area contributed by atoms with Gasteiger partial charge in [0.25, 0.3) is 5.91 Å². The van der Waals surface area contributed by atoms with Gasteiger partial charge in [0.15, 0.2) is 0 Å². The second-order valence-corrected chi connectivity index (χ2v) is 6.76. The summed E-state index contributed by atoms with van der Waals surface area (Å²) < 4.78 is 19.3. The highest BCUT2D eigenvalue weighted by molar-refractivity contribution is 7.13. The van der Waals surface area contributed by atoms with E-state index in [2.05, 4.69) is 15.2 Å². The van der Waals surface area contributed by atoms with E-state index in [0.717, 1.165) is 10.3 Å². The van der Waals surface area contributed by atoms with Gasteiger partial charge in [0.2, 0.25) is 0 Å². The van der Waals surface area contributed by atoms with Crippen LogP contribution >= 0.6 is 11.5 Å². The highest BCUT2D eigenvalue weighted by Gasteiger charge is 2.17. The second-order valence-electron chi connectivity index (χ2n) is 5.93. The Kier molecular flexibility index (Phi) is 5.46. The predicted octanol–water partition coefficient (Wildman–Crippen LogP) is 3.53. The van der Waals surface area contributed by atoms with Gasteiger partial charge in [-0.2, -0.15) is 4.37 Å². The van der Waals surface area contributed by atoms with Crippen LogP contribution in [0.2, 0.25) is 0 Å². The number of nitrogens with zero attached hydrogens (tertiary/aromatic N) is 1. The van der Waals surface area contributed by atoms with Crippen molar-refractivity contribution in [3.63, 3.8) is 0 Å². The van der Waals surface area contributed by atoms with Gasteiger partial charge in [-0.15, -0.1) is 0 Å². The van der Waals surface area contributed by atoms with E-state index in [1.165, 1.54) is 17.6 Å². The van der Waals surface area contributed by atoms with E-state index in [4.69, 9.17) is 4.84 Å². The maximum atomic E-state index is 14.3. The van der Waals surface area contributed by atoms with E-state index in [1.54, 1.807) is 44.3 Å². The lowest BCUT2D eigenvalue weighted by Gasteiger charge is -2.14. The van der Waals surface area contributed by atoms with Gasteiger partial charge >= 0.3 is 0 Å². The Labute approximate surface area is 153 Å². The number of hydrogen-bond donors (Lipinski definition) is 3. The minimum absolute atomic E-state index is 0.0384. The average Bonchev–Trinajstić information content (AvgIpc) is 3.06. The van der Waals surface area contributed by atoms with E-state index in [9.17, 15) is 14.3 Å². The number of fused-ring (bicyclic) bond motifs is 1. The number of benzene rings is 2. The van der Waals surface area contributed by atoms with Gasteiger partial charge in [-0.1, -0.05) is 6.07 Å². The number of amides is 1. The maximum absolute atomic E-state index is 14.3. The standard InChI is InChI=1S/C18H18FN3O3S/c1-10-3-5-15(14(19)7-10)21-17-12(18(24)22-25-9-11(2)23)4-6-16-13(17)8-20-26-16/h3-8,11,21,23H,9H2,1-2H3,(H,22,24). The molecule has 0 aliphatic carbocycles. The first kappa shape index (κ1) is 18.2. The molecule has 2 aromatic carbocycles. The minimum atomic E-state index is -0.710. The average molecular weight is 375 g/mol. The van der Waals surface area contributed by atoms with E-state index >= 15 is 0 Å². The molecule has 1 atom stereocenters. The molecule has 0 spiro atoms. The molecule has 6 nitrogen and oxygen atoms in total. The Morgan fingerprint density at radius 3 is 2.92 bits per heavy atom. The number of carbonyl (C=O) groups excluding carboxylic acids is 1. The lowest BCUT2D eigenvalue weighted by Crippen LogP contribution is -2.28. The third-order valence-electron chi connectivity index (χ3n) is 3.66. The highest BCUT2D eigenvalue weighted by atomic mass is 32.1. The van der Waals surface area contributed by atoms with Gasteiger partial charge in [-0.25, -0.2) is 9.87 Å². The van der Waals surface area contributed by atoms with Gasteiger partial charge in [-0.3, -0.25) is 9.63 Å². The summed E-state index contributed by atoms with van der Waals surface area (Å²) >= 11 is 1.28. The molecule has 3 aromatic rings. The van der Waals surface area contributed by atoms with E-state index in [-0.39, 0.29) is 17.9 Å². The van der Waals surface area contributed by atoms with Crippen LogP contribution in [0.5, 0.6) is 0 Å². The molecule has 0 saturated heterocycles. The Balaban J connectivity index is 1.96. The zero-order valence-electron chi connectivity index (χ0n) is 14.2. The number of halogens is 1. The van der Waals surface area contributed by atoms with Crippen molar-refractivity contribution in [3.8, 4) is 0 Å². The van der Waals surface area contributed by atoms with Crippen LogP contribution < -0.4 is 10.8 Å². The van der Waals surface area contributed by atoms with Crippen molar-refractivity contribution in [2.45, 2.75) is 20.0 Å². The molecule has 0 aliphatic rings. The molecule has 1 heterocycles. The summed E-state index contributed by atoms with van der Waals surface area (Å²) in [4.78, 5) is 17.5. The van der Waals surface area contributed by atoms with Crippen molar-refractivity contribution in [2.24, 2.45) is 0 Å². The van der Waals surface area contributed by atoms with Crippen LogP contribution in [0.3, 0.4) is 0 Å². The molecule has 0 saturated carbocycles. The molecule has 3 rings (SSSR count). The van der Waals surface area contributed by atoms with Crippen LogP contribution in [0, 0.1) is 12.7 Å². The highest BCUT2D eigenvalue weighted by Crippen LogP contribution is 2.33. The first-order valence-electron chi connectivity index (χ1n) is 7.96. The van der Waals surface area contributed by atoms with Crippen LogP contribution in [0.4, 0.5) is 15.8 Å². The summed E-state index contributed by atoms with van der Waals surface area (Å²) in [6.07, 6.45) is 0.917. The number of carbonyl (C=O) groups is 1. The fourth-order valence-corrected chi connectivity index (χ4v) is 3.06. The van der Waals surface area contributed by atoms with E-state index < -0.39 is 17.8 Å². The van der Waals surface area contributed by atoms with Gasteiger partial charge in [0.05, 0.1) is 33.9 Å². The topological polar surface area (TPSA) is 83.5 Å². The Morgan fingerprint density at radius 1 is 1.38 bits per heavy atom. The fourth-order valence-electron chi connectivity index (χ4n) is 2.41. The number of anilines is 2. The first-order valence-corrected chi connectivity index (χ1v) is 8.74. The van der Waals surface area contributed by atoms with Crippen LogP contribution in [0.15, 0.2) is 36.5 Å². The molecule has 136 valence electrons. The Bertz CT molecular complexity index is 943. The van der Waals surface area contributed by atoms with Crippen molar-refractivity contribution < 1.29 is 19.1 Å². The monoisotopic (exact) mass is 375 g/mol. The molecule has 3 N–H and O–H groups in total. The molecule has 1 aromatic heterocycles. The predicted molar refractivity (Wildman–Crippen MR) is 99.1 cm³/mol. The number of nitrogens with one attached hydrogen (secondary N) is 2. The fraction of sp³-hybridized carbons (Fsp3) is 0.222. The van der Waals surface area contributed by atoms with Gasteiger partial charge < -0.3 is 10.4 Å². The molecule has 0 bridgehead atoms. The number of aliphatic hydroxyl groups is 1. The number of aromatic nitrogens is 1. The van der Waals surface area contributed by atoms with Crippen molar-refractivity contribution in [2.75, 3.05) is 11.9 Å². The molecule has 8 heteroatoms. The SMILES string of the molecule is Cc1ccc(Nc2c(C(=O)NOCC(C)O)ccc3sncc23)c(F)c1. The largest absolute Gasteiger partial charge is 0.391 e. The van der Waals surface area contributed by atoms with Crippen LogP contribution in [-0.2, 0) is 4.84 Å². The van der Waals surface area contributed by atoms with E-state index in [1.807, 2.05) is 0 Å². The van der Waals surface area contributed by atoms with Crippen molar-refractivity contribution in [1.82, 2.24) is 9.85 Å². The zero-order chi connectivity index (χ0) is 18.7. The van der Waals surface area contributed by atoms with Crippen LogP contribution in [0.1, 0.15) is 22.8 Å². The molecular formula is C18H18FN3O3S. The summed E-state index contributed by atoms with van der Waals surface area (Å²) in [6, 6.07) is 8.21. The number of hydrogen-bond acceptors (Lipinski definition) is 6. The smallest absolute Gasteiger partial charge is 0.276 e. The molecular weight excluding hydrogens is 357 g/mol. The lowest BCUT2D eigenvalue weighted by atomic mass is 10.1. The summed E-state index contributed by atoms with van der Waals surface area (Å²) in [6.45, 7) is 3.31. The Hall–Kier alpha value is -2.55. The van der Waals surface area contributed by atoms with Crippen molar-refractivity contribution in [1.29, 1.82) is 0 Å². The van der Waals surface area contributed by atoms with Gasteiger partial charge in [0.1, 0.15) is 12.4 Å². The third-order valence-corrected chi connectivity index (χ3v) is 4.42. The molecule has 26 heavy (non-hydrogen) atoms. The molecule has 0 fully saturated rings. The first-order chi connectivity index (χ1) is 12.5. The van der Waals surface area contributed by atoms with Crippen molar-refractivity contribution >= 4 is 38.9 Å². The van der Waals surface area contributed by atoms with E-state index in [0.29, 0.717) is 11.1 Å². The number of rotatable bonds is 6. The zero-order valence-corrected chi connectivity index (χ0v) is 15.1. The molecule has 0 aliphatic heterocycles. The summed E-state index contributed by atoms with van der Waals surface area (Å²) in [5.74, 6) is -0.921.